The first-order valence-electron chi connectivity index (χ1n) is 6.71. The van der Waals surface area contributed by atoms with Crippen LogP contribution in [0.4, 0.5) is 21.5 Å². The molecule has 0 saturated heterocycles. The number of anilines is 3. The van der Waals surface area contributed by atoms with Gasteiger partial charge in [-0.05, 0) is 38.1 Å². The van der Waals surface area contributed by atoms with E-state index in [4.69, 9.17) is 10.5 Å². The molecule has 0 aliphatic carbocycles. The number of ether oxygens (including phenoxy) is 1. The lowest BCUT2D eigenvalue weighted by Crippen LogP contribution is -2.17. The van der Waals surface area contributed by atoms with Gasteiger partial charge in [-0.2, -0.15) is 0 Å². The van der Waals surface area contributed by atoms with Gasteiger partial charge in [-0.25, -0.2) is 4.39 Å². The molecule has 0 unspecified atom stereocenters. The van der Waals surface area contributed by atoms with Crippen molar-refractivity contribution in [1.82, 2.24) is 0 Å². The quantitative estimate of drug-likeness (QED) is 0.839. The lowest BCUT2D eigenvalue weighted by Gasteiger charge is -2.24. The molecular formula is C16H19FN2O. The van der Waals surface area contributed by atoms with Crippen LogP contribution in [0.2, 0.25) is 0 Å². The summed E-state index contributed by atoms with van der Waals surface area (Å²) >= 11 is 0. The highest BCUT2D eigenvalue weighted by Gasteiger charge is 2.13. The molecule has 0 aliphatic heterocycles. The molecule has 2 aromatic carbocycles. The largest absolute Gasteiger partial charge is 0.492 e. The Hall–Kier alpha value is -2.23. The number of para-hydroxylation sites is 1. The Bertz CT molecular complexity index is 586. The molecule has 2 aromatic rings. The first-order chi connectivity index (χ1) is 9.67. The fourth-order valence-electron chi connectivity index (χ4n) is 2.13. The molecule has 0 fully saturated rings. The third-order valence-electron chi connectivity index (χ3n) is 3.07. The molecule has 0 aromatic heterocycles. The number of benzene rings is 2. The molecule has 0 saturated carbocycles. The van der Waals surface area contributed by atoms with Crippen LogP contribution < -0.4 is 15.4 Å². The minimum absolute atomic E-state index is 0.246. The fraction of sp³-hybridized carbons (Fsp3) is 0.250. The van der Waals surface area contributed by atoms with E-state index in [1.165, 1.54) is 6.07 Å². The predicted octanol–water partition coefficient (Wildman–Crippen LogP) is 3.96. The van der Waals surface area contributed by atoms with Crippen molar-refractivity contribution in [2.75, 3.05) is 23.8 Å². The average molecular weight is 274 g/mol. The van der Waals surface area contributed by atoms with Crippen molar-refractivity contribution in [2.45, 2.75) is 13.8 Å². The van der Waals surface area contributed by atoms with Crippen molar-refractivity contribution in [3.8, 4) is 5.75 Å². The molecule has 0 aliphatic rings. The van der Waals surface area contributed by atoms with Gasteiger partial charge in [0.2, 0.25) is 0 Å². The Kier molecular flexibility index (Phi) is 4.45. The van der Waals surface area contributed by atoms with Crippen molar-refractivity contribution < 1.29 is 9.13 Å². The number of hydrogen-bond acceptors (Lipinski definition) is 3. The molecule has 0 heterocycles. The van der Waals surface area contributed by atoms with Gasteiger partial charge in [-0.1, -0.05) is 12.1 Å². The van der Waals surface area contributed by atoms with E-state index in [1.54, 1.807) is 18.2 Å². The van der Waals surface area contributed by atoms with E-state index in [0.29, 0.717) is 30.3 Å². The third kappa shape index (κ3) is 2.85. The summed E-state index contributed by atoms with van der Waals surface area (Å²) in [6.45, 7) is 5.07. The maximum absolute atomic E-state index is 13.9. The van der Waals surface area contributed by atoms with Gasteiger partial charge in [0.25, 0.3) is 0 Å². The first-order valence-corrected chi connectivity index (χ1v) is 6.71. The number of nitrogen functional groups attached to an aromatic ring is 1. The summed E-state index contributed by atoms with van der Waals surface area (Å²) in [5.41, 5.74) is 7.85. The predicted molar refractivity (Wildman–Crippen MR) is 81.1 cm³/mol. The van der Waals surface area contributed by atoms with Crippen molar-refractivity contribution in [1.29, 1.82) is 0 Å². The summed E-state index contributed by atoms with van der Waals surface area (Å²) in [6.07, 6.45) is 0. The molecule has 20 heavy (non-hydrogen) atoms. The van der Waals surface area contributed by atoms with Crippen molar-refractivity contribution in [3.05, 3.63) is 48.3 Å². The van der Waals surface area contributed by atoms with Crippen LogP contribution in [-0.2, 0) is 0 Å². The summed E-state index contributed by atoms with van der Waals surface area (Å²) in [4.78, 5) is 1.89. The van der Waals surface area contributed by atoms with E-state index in [2.05, 4.69) is 0 Å². The number of nitrogens with two attached hydrogens (primary N) is 1. The van der Waals surface area contributed by atoms with Crippen LogP contribution in [0.1, 0.15) is 13.8 Å². The van der Waals surface area contributed by atoms with E-state index < -0.39 is 0 Å². The lowest BCUT2D eigenvalue weighted by molar-refractivity contribution is 0.342. The molecule has 0 amide bonds. The second-order valence-electron chi connectivity index (χ2n) is 4.35. The highest BCUT2D eigenvalue weighted by molar-refractivity contribution is 5.69. The molecule has 2 N–H and O–H groups in total. The second-order valence-corrected chi connectivity index (χ2v) is 4.35. The van der Waals surface area contributed by atoms with Crippen LogP contribution in [0, 0.1) is 5.82 Å². The van der Waals surface area contributed by atoms with Gasteiger partial charge in [0.15, 0.2) is 0 Å². The van der Waals surface area contributed by atoms with Gasteiger partial charge in [0, 0.05) is 18.3 Å². The SMILES string of the molecule is CCOc1cc(N(CC)c2ccccc2F)ccc1N. The van der Waals surface area contributed by atoms with Crippen molar-refractivity contribution >= 4 is 17.1 Å². The third-order valence-corrected chi connectivity index (χ3v) is 3.07. The van der Waals surface area contributed by atoms with Crippen LogP contribution in [0.25, 0.3) is 0 Å². The zero-order chi connectivity index (χ0) is 14.5. The molecule has 0 atom stereocenters. The smallest absolute Gasteiger partial charge is 0.146 e. The lowest BCUT2D eigenvalue weighted by atomic mass is 10.2. The maximum Gasteiger partial charge on any atom is 0.146 e. The average Bonchev–Trinajstić information content (AvgIpc) is 2.45. The van der Waals surface area contributed by atoms with Gasteiger partial charge in [0.1, 0.15) is 11.6 Å². The summed E-state index contributed by atoms with van der Waals surface area (Å²) in [5, 5.41) is 0. The van der Waals surface area contributed by atoms with E-state index in [-0.39, 0.29) is 5.82 Å². The Morgan fingerprint density at radius 2 is 1.90 bits per heavy atom. The van der Waals surface area contributed by atoms with Gasteiger partial charge < -0.3 is 15.4 Å². The highest BCUT2D eigenvalue weighted by atomic mass is 19.1. The van der Waals surface area contributed by atoms with Crippen LogP contribution in [0.3, 0.4) is 0 Å². The fourth-order valence-corrected chi connectivity index (χ4v) is 2.13. The van der Waals surface area contributed by atoms with Gasteiger partial charge in [0.05, 0.1) is 18.0 Å². The standard InChI is InChI=1S/C16H19FN2O/c1-3-19(15-8-6-5-7-13(15)17)12-9-10-14(18)16(11-12)20-4-2/h5-11H,3-4,18H2,1-2H3. The molecule has 2 rings (SSSR count). The number of rotatable bonds is 5. The molecule has 106 valence electrons. The van der Waals surface area contributed by atoms with Gasteiger partial charge in [-0.15, -0.1) is 0 Å². The minimum Gasteiger partial charge on any atom is -0.492 e. The number of nitrogens with zero attached hydrogens (tertiary/aromatic N) is 1. The van der Waals surface area contributed by atoms with Crippen LogP contribution in [-0.4, -0.2) is 13.2 Å². The van der Waals surface area contributed by atoms with Crippen molar-refractivity contribution in [2.24, 2.45) is 0 Å². The Balaban J connectivity index is 2.42. The van der Waals surface area contributed by atoms with Gasteiger partial charge >= 0.3 is 0 Å². The highest BCUT2D eigenvalue weighted by Crippen LogP contribution is 2.32. The van der Waals surface area contributed by atoms with E-state index in [9.17, 15) is 4.39 Å². The Labute approximate surface area is 118 Å². The molecular weight excluding hydrogens is 255 g/mol. The number of halogens is 1. The second kappa shape index (κ2) is 6.28. The number of hydrogen-bond donors (Lipinski definition) is 1. The minimum atomic E-state index is -0.246. The van der Waals surface area contributed by atoms with Crippen LogP contribution >= 0.6 is 0 Å². The maximum atomic E-state index is 13.9. The van der Waals surface area contributed by atoms with E-state index >= 15 is 0 Å². The summed E-state index contributed by atoms with van der Waals surface area (Å²) in [7, 11) is 0. The van der Waals surface area contributed by atoms with Crippen LogP contribution in [0.15, 0.2) is 42.5 Å². The van der Waals surface area contributed by atoms with Crippen molar-refractivity contribution in [3.63, 3.8) is 0 Å². The van der Waals surface area contributed by atoms with Crippen LogP contribution in [0.5, 0.6) is 5.75 Å². The summed E-state index contributed by atoms with van der Waals surface area (Å²) in [5.74, 6) is 0.379. The molecule has 4 heteroatoms. The molecule has 0 radical (unpaired) electrons. The molecule has 0 spiro atoms. The molecule has 0 bridgehead atoms. The zero-order valence-electron chi connectivity index (χ0n) is 11.8. The normalized spacial score (nSPS) is 10.3. The Morgan fingerprint density at radius 1 is 1.15 bits per heavy atom. The monoisotopic (exact) mass is 274 g/mol. The Morgan fingerprint density at radius 3 is 2.55 bits per heavy atom. The van der Waals surface area contributed by atoms with E-state index in [0.717, 1.165) is 5.69 Å². The topological polar surface area (TPSA) is 38.5 Å². The summed E-state index contributed by atoms with van der Waals surface area (Å²) in [6, 6.07) is 12.2. The van der Waals surface area contributed by atoms with E-state index in [1.807, 2.05) is 36.9 Å². The van der Waals surface area contributed by atoms with Gasteiger partial charge in [-0.3, -0.25) is 0 Å². The molecule has 3 nitrogen and oxygen atoms in total. The first kappa shape index (κ1) is 14.2. The zero-order valence-corrected chi connectivity index (χ0v) is 11.8. The summed E-state index contributed by atoms with van der Waals surface area (Å²) < 4.78 is 19.4.